The van der Waals surface area contributed by atoms with Crippen molar-refractivity contribution in [2.24, 2.45) is 5.41 Å². The van der Waals surface area contributed by atoms with Gasteiger partial charge in [-0.3, -0.25) is 4.58 Å². The summed E-state index contributed by atoms with van der Waals surface area (Å²) < 4.78 is 2.58. The van der Waals surface area contributed by atoms with Crippen LogP contribution < -0.4 is 4.90 Å². The summed E-state index contributed by atoms with van der Waals surface area (Å²) in [4.78, 5) is 2.59. The van der Waals surface area contributed by atoms with E-state index in [4.69, 9.17) is 0 Å². The van der Waals surface area contributed by atoms with Crippen LogP contribution in [0, 0.1) is 26.2 Å². The molecular formula is C20H31N2+. The molecule has 2 bridgehead atoms. The minimum Gasteiger partial charge on any atom is -0.262 e. The highest BCUT2D eigenvalue weighted by Crippen LogP contribution is 2.53. The van der Waals surface area contributed by atoms with Crippen molar-refractivity contribution in [2.45, 2.75) is 72.9 Å². The summed E-state index contributed by atoms with van der Waals surface area (Å²) in [6.45, 7) is 17.5. The van der Waals surface area contributed by atoms with Gasteiger partial charge in [-0.2, -0.15) is 0 Å². The Morgan fingerprint density at radius 1 is 1.14 bits per heavy atom. The lowest BCUT2D eigenvalue weighted by atomic mass is 9.72. The van der Waals surface area contributed by atoms with Crippen LogP contribution in [0.4, 0.5) is 5.69 Å². The van der Waals surface area contributed by atoms with Gasteiger partial charge in [0.2, 0.25) is 6.34 Å². The number of fused-ring (bicyclic) bond motifs is 2. The van der Waals surface area contributed by atoms with E-state index in [9.17, 15) is 0 Å². The molecule has 1 heterocycles. The molecule has 1 aliphatic heterocycles. The van der Waals surface area contributed by atoms with E-state index >= 15 is 0 Å². The Balaban J connectivity index is 2.19. The van der Waals surface area contributed by atoms with Crippen molar-refractivity contribution in [1.82, 2.24) is 0 Å². The minimum absolute atomic E-state index is 0.287. The highest BCUT2D eigenvalue weighted by molar-refractivity contribution is 5.82. The van der Waals surface area contributed by atoms with Crippen molar-refractivity contribution in [1.29, 1.82) is 0 Å². The second-order valence-electron chi connectivity index (χ2n) is 8.11. The van der Waals surface area contributed by atoms with Gasteiger partial charge in [0.1, 0.15) is 17.3 Å². The summed E-state index contributed by atoms with van der Waals surface area (Å²) in [7, 11) is 0. The average molecular weight is 299 g/mol. The van der Waals surface area contributed by atoms with E-state index < -0.39 is 0 Å². The molecule has 1 aliphatic carbocycles. The Hall–Kier alpha value is -1.31. The molecule has 0 amide bonds. The second-order valence-corrected chi connectivity index (χ2v) is 8.11. The first-order valence-electron chi connectivity index (χ1n) is 8.70. The fourth-order valence-corrected chi connectivity index (χ4v) is 5.04. The summed E-state index contributed by atoms with van der Waals surface area (Å²) in [6, 6.07) is 5.24. The Labute approximate surface area is 135 Å². The van der Waals surface area contributed by atoms with Crippen LogP contribution in [0.3, 0.4) is 0 Å². The largest absolute Gasteiger partial charge is 0.262 e. The van der Waals surface area contributed by atoms with Gasteiger partial charge in [0.05, 0.1) is 6.54 Å². The molecule has 1 aromatic carbocycles. The normalized spacial score (nSPS) is 29.7. The lowest BCUT2D eigenvalue weighted by molar-refractivity contribution is -0.617. The first-order valence-corrected chi connectivity index (χ1v) is 8.70. The maximum atomic E-state index is 2.59. The Kier molecular flexibility index (Phi) is 3.43. The number of aryl methyl sites for hydroxylation is 3. The zero-order chi connectivity index (χ0) is 16.3. The van der Waals surface area contributed by atoms with E-state index in [1.54, 1.807) is 0 Å². The molecule has 0 radical (unpaired) electrons. The molecule has 1 saturated carbocycles. The van der Waals surface area contributed by atoms with Gasteiger partial charge in [0, 0.05) is 5.41 Å². The van der Waals surface area contributed by atoms with Crippen molar-refractivity contribution in [3.05, 3.63) is 28.8 Å². The maximum absolute atomic E-state index is 2.59. The molecule has 1 aromatic rings. The van der Waals surface area contributed by atoms with Crippen LogP contribution in [-0.2, 0) is 0 Å². The van der Waals surface area contributed by atoms with Crippen LogP contribution >= 0.6 is 0 Å². The molecule has 0 aromatic heterocycles. The smallest absolute Gasteiger partial charge is 0.240 e. The molecule has 0 unspecified atom stereocenters. The van der Waals surface area contributed by atoms with Gasteiger partial charge in [-0.05, 0) is 58.6 Å². The standard InChI is InChI=1S/C20H31N2/c1-8-21-13-22(17-9-10-20(21,7)19(17,5)6)18-15(3)11-14(2)12-16(18)4/h11-13,17H,8-10H2,1-7H3/q+1/t17-,20+/m0/s1. The van der Waals surface area contributed by atoms with Gasteiger partial charge in [-0.25, -0.2) is 4.90 Å². The topological polar surface area (TPSA) is 6.25 Å². The van der Waals surface area contributed by atoms with Crippen LogP contribution in [0.25, 0.3) is 0 Å². The van der Waals surface area contributed by atoms with Crippen molar-refractivity contribution in [3.8, 4) is 0 Å². The van der Waals surface area contributed by atoms with E-state index in [1.807, 2.05) is 0 Å². The molecule has 3 rings (SSSR count). The quantitative estimate of drug-likeness (QED) is 0.732. The van der Waals surface area contributed by atoms with Crippen molar-refractivity contribution < 1.29 is 4.58 Å². The molecule has 0 N–H and O–H groups in total. The van der Waals surface area contributed by atoms with E-state index in [1.165, 1.54) is 35.2 Å². The second kappa shape index (κ2) is 4.84. The van der Waals surface area contributed by atoms with Gasteiger partial charge in [0.15, 0.2) is 0 Å². The summed E-state index contributed by atoms with van der Waals surface area (Å²) >= 11 is 0. The number of rotatable bonds is 2. The summed E-state index contributed by atoms with van der Waals surface area (Å²) in [5.41, 5.74) is 6.16. The molecule has 1 fully saturated rings. The van der Waals surface area contributed by atoms with Crippen LogP contribution in [0.1, 0.15) is 57.2 Å². The van der Waals surface area contributed by atoms with Crippen LogP contribution in [0.15, 0.2) is 12.1 Å². The van der Waals surface area contributed by atoms with E-state index in [-0.39, 0.29) is 5.54 Å². The molecule has 2 atom stereocenters. The SMILES string of the molecule is CC[N+]1=CN(c2c(C)cc(C)cc2C)[C@H]2CC[C@]1(C)C2(C)C. The molecular weight excluding hydrogens is 268 g/mol. The summed E-state index contributed by atoms with van der Waals surface area (Å²) in [5, 5.41) is 0. The van der Waals surface area contributed by atoms with Crippen molar-refractivity contribution in [3.63, 3.8) is 0 Å². The Morgan fingerprint density at radius 3 is 2.27 bits per heavy atom. The van der Waals surface area contributed by atoms with Crippen molar-refractivity contribution in [2.75, 3.05) is 11.4 Å². The Morgan fingerprint density at radius 2 is 1.73 bits per heavy atom. The highest BCUT2D eigenvalue weighted by atomic mass is 15.3. The fraction of sp³-hybridized carbons (Fsp3) is 0.650. The monoisotopic (exact) mass is 299 g/mol. The zero-order valence-corrected chi connectivity index (χ0v) is 15.3. The van der Waals surface area contributed by atoms with E-state index in [2.05, 4.69) is 76.4 Å². The number of benzene rings is 1. The van der Waals surface area contributed by atoms with Crippen LogP contribution in [-0.4, -0.2) is 29.0 Å². The summed E-state index contributed by atoms with van der Waals surface area (Å²) in [6.07, 6.45) is 4.98. The predicted octanol–water partition coefficient (Wildman–Crippen LogP) is 4.44. The van der Waals surface area contributed by atoms with E-state index in [0.717, 1.165) is 6.54 Å². The highest BCUT2D eigenvalue weighted by Gasteiger charge is 2.62. The van der Waals surface area contributed by atoms with Gasteiger partial charge >= 0.3 is 0 Å². The van der Waals surface area contributed by atoms with Gasteiger partial charge in [-0.15, -0.1) is 0 Å². The predicted molar refractivity (Wildman–Crippen MR) is 95.2 cm³/mol. The fourth-order valence-electron chi connectivity index (χ4n) is 5.04. The average Bonchev–Trinajstić information content (AvgIpc) is 2.56. The molecule has 0 spiro atoms. The third-order valence-corrected chi connectivity index (χ3v) is 6.59. The number of nitrogens with zero attached hydrogens (tertiary/aromatic N) is 2. The molecule has 0 saturated heterocycles. The van der Waals surface area contributed by atoms with Gasteiger partial charge in [-0.1, -0.05) is 31.5 Å². The maximum Gasteiger partial charge on any atom is 0.240 e. The molecule has 2 aliphatic rings. The number of hydrogen-bond acceptors (Lipinski definition) is 1. The van der Waals surface area contributed by atoms with Crippen LogP contribution in [0.5, 0.6) is 0 Å². The number of anilines is 1. The van der Waals surface area contributed by atoms with Crippen LogP contribution in [0.2, 0.25) is 0 Å². The van der Waals surface area contributed by atoms with Gasteiger partial charge < -0.3 is 0 Å². The Bertz CT molecular complexity index is 618. The van der Waals surface area contributed by atoms with Gasteiger partial charge in [0.25, 0.3) is 0 Å². The lowest BCUT2D eigenvalue weighted by Crippen LogP contribution is -2.61. The third-order valence-electron chi connectivity index (χ3n) is 6.59. The number of hydrogen-bond donors (Lipinski definition) is 0. The summed E-state index contributed by atoms with van der Waals surface area (Å²) in [5.74, 6) is 0. The first-order chi connectivity index (χ1) is 10.2. The van der Waals surface area contributed by atoms with E-state index in [0.29, 0.717) is 11.5 Å². The zero-order valence-electron chi connectivity index (χ0n) is 15.3. The molecule has 120 valence electrons. The first kappa shape index (κ1) is 15.6. The lowest BCUT2D eigenvalue weighted by Gasteiger charge is -2.46. The molecule has 2 heteroatoms. The third kappa shape index (κ3) is 1.89. The van der Waals surface area contributed by atoms with Crippen molar-refractivity contribution >= 4 is 12.0 Å². The minimum atomic E-state index is 0.287. The molecule has 22 heavy (non-hydrogen) atoms. The molecule has 2 nitrogen and oxygen atoms in total.